The van der Waals surface area contributed by atoms with Gasteiger partial charge in [0.15, 0.2) is 0 Å². The minimum Gasteiger partial charge on any atom is -0.103 e. The molecule has 0 saturated carbocycles. The highest BCUT2D eigenvalue weighted by Gasteiger charge is 1.76. The SMILES string of the molecule is [N-]=[N+]=NCCC#CCCN=[N+]=[N-]. The zero-order valence-corrected chi connectivity index (χ0v) is 6.51. The smallest absolute Gasteiger partial charge is 0.0367 e. The molecule has 0 saturated heterocycles. The van der Waals surface area contributed by atoms with Crippen molar-refractivity contribution in [3.05, 3.63) is 20.9 Å². The standard InChI is InChI=1S/C6H8N6/c7-11-9-5-3-1-2-4-6-10-12-8/h3-6H2. The Bertz CT molecular complexity index is 233. The van der Waals surface area contributed by atoms with Crippen molar-refractivity contribution in [3.8, 4) is 11.8 Å². The summed E-state index contributed by atoms with van der Waals surface area (Å²) in [5.74, 6) is 5.56. The molecule has 6 heteroatoms. The van der Waals surface area contributed by atoms with Crippen molar-refractivity contribution < 1.29 is 0 Å². The summed E-state index contributed by atoms with van der Waals surface area (Å²) in [4.78, 5) is 5.15. The maximum atomic E-state index is 7.89. The second kappa shape index (κ2) is 9.18. The predicted molar refractivity (Wildman–Crippen MR) is 45.0 cm³/mol. The van der Waals surface area contributed by atoms with Gasteiger partial charge < -0.3 is 0 Å². The lowest BCUT2D eigenvalue weighted by Crippen LogP contribution is -1.75. The highest BCUT2D eigenvalue weighted by atomic mass is 15.1. The van der Waals surface area contributed by atoms with Gasteiger partial charge in [0.05, 0.1) is 0 Å². The molecule has 0 spiro atoms. The summed E-state index contributed by atoms with van der Waals surface area (Å²) in [7, 11) is 0. The summed E-state index contributed by atoms with van der Waals surface area (Å²) in [6.45, 7) is 0.788. The van der Waals surface area contributed by atoms with Crippen LogP contribution in [0.4, 0.5) is 0 Å². The minimum absolute atomic E-state index is 0.394. The van der Waals surface area contributed by atoms with Gasteiger partial charge >= 0.3 is 0 Å². The van der Waals surface area contributed by atoms with Crippen LogP contribution in [-0.4, -0.2) is 13.1 Å². The average molecular weight is 164 g/mol. The lowest BCUT2D eigenvalue weighted by atomic mass is 10.4. The third-order valence-electron chi connectivity index (χ3n) is 0.925. The summed E-state index contributed by atoms with van der Waals surface area (Å²) in [5, 5.41) is 6.60. The molecule has 0 unspecified atom stereocenters. The van der Waals surface area contributed by atoms with Gasteiger partial charge in [-0.2, -0.15) is 0 Å². The molecule has 0 radical (unpaired) electrons. The Hall–Kier alpha value is -1.82. The van der Waals surface area contributed by atoms with Crippen LogP contribution in [0.5, 0.6) is 0 Å². The van der Waals surface area contributed by atoms with Crippen LogP contribution in [0.2, 0.25) is 0 Å². The first-order valence-corrected chi connectivity index (χ1v) is 3.39. The van der Waals surface area contributed by atoms with Gasteiger partial charge in [0, 0.05) is 35.8 Å². The fourth-order valence-corrected chi connectivity index (χ4v) is 0.478. The highest BCUT2D eigenvalue weighted by Crippen LogP contribution is 1.81. The first-order valence-electron chi connectivity index (χ1n) is 3.39. The van der Waals surface area contributed by atoms with Gasteiger partial charge in [0.1, 0.15) is 0 Å². The Labute approximate surface area is 69.8 Å². The average Bonchev–Trinajstić information content (AvgIpc) is 2.10. The van der Waals surface area contributed by atoms with E-state index in [9.17, 15) is 0 Å². The number of nitrogens with zero attached hydrogens (tertiary/aromatic N) is 6. The van der Waals surface area contributed by atoms with Gasteiger partial charge in [-0.15, -0.1) is 11.8 Å². The van der Waals surface area contributed by atoms with Crippen LogP contribution in [0.15, 0.2) is 10.2 Å². The van der Waals surface area contributed by atoms with Gasteiger partial charge in [-0.05, 0) is 11.1 Å². The predicted octanol–water partition coefficient (Wildman–Crippen LogP) is 2.39. The maximum absolute atomic E-state index is 7.89. The summed E-state index contributed by atoms with van der Waals surface area (Å²) >= 11 is 0. The topological polar surface area (TPSA) is 97.5 Å². The van der Waals surface area contributed by atoms with Crippen LogP contribution in [0, 0.1) is 11.8 Å². The Balaban J connectivity index is 3.34. The molecular formula is C6H8N6. The molecule has 6 nitrogen and oxygen atoms in total. The molecule has 0 heterocycles. The molecule has 0 fully saturated rings. The van der Waals surface area contributed by atoms with E-state index in [4.69, 9.17) is 11.1 Å². The van der Waals surface area contributed by atoms with Crippen LogP contribution < -0.4 is 0 Å². The molecule has 0 rings (SSSR count). The molecule has 0 aromatic rings. The molecule has 0 aliphatic carbocycles. The molecule has 0 amide bonds. The van der Waals surface area contributed by atoms with E-state index in [0.717, 1.165) is 0 Å². The molecule has 0 aliphatic heterocycles. The molecular weight excluding hydrogens is 156 g/mol. The van der Waals surface area contributed by atoms with Gasteiger partial charge in [-0.1, -0.05) is 10.2 Å². The first kappa shape index (κ1) is 10.2. The normalized spacial score (nSPS) is 7.00. The second-order valence-corrected chi connectivity index (χ2v) is 1.76. The van der Waals surface area contributed by atoms with Crippen LogP contribution in [0.1, 0.15) is 12.8 Å². The van der Waals surface area contributed by atoms with Crippen LogP contribution >= 0.6 is 0 Å². The summed E-state index contributed by atoms with van der Waals surface area (Å²) < 4.78 is 0. The highest BCUT2D eigenvalue weighted by molar-refractivity contribution is 4.99. The van der Waals surface area contributed by atoms with E-state index in [-0.39, 0.29) is 0 Å². The van der Waals surface area contributed by atoms with Crippen molar-refractivity contribution in [2.45, 2.75) is 12.8 Å². The van der Waals surface area contributed by atoms with Crippen molar-refractivity contribution in [2.75, 3.05) is 13.1 Å². The Morgan fingerprint density at radius 3 is 1.67 bits per heavy atom. The number of hydrogen-bond donors (Lipinski definition) is 0. The molecule has 62 valence electrons. The van der Waals surface area contributed by atoms with Gasteiger partial charge in [-0.3, -0.25) is 0 Å². The molecule has 0 aromatic carbocycles. The number of hydrogen-bond acceptors (Lipinski definition) is 2. The van der Waals surface area contributed by atoms with Crippen molar-refractivity contribution in [1.82, 2.24) is 0 Å². The van der Waals surface area contributed by atoms with Crippen molar-refractivity contribution >= 4 is 0 Å². The van der Waals surface area contributed by atoms with Crippen molar-refractivity contribution in [2.24, 2.45) is 10.2 Å². The van der Waals surface area contributed by atoms with Crippen LogP contribution in [-0.2, 0) is 0 Å². The van der Waals surface area contributed by atoms with Crippen molar-refractivity contribution in [3.63, 3.8) is 0 Å². The first-order chi connectivity index (χ1) is 5.91. The molecule has 0 bridgehead atoms. The minimum atomic E-state index is 0.394. The lowest BCUT2D eigenvalue weighted by Gasteiger charge is -1.79. The molecule has 0 aliphatic rings. The summed E-state index contributed by atoms with van der Waals surface area (Å²) in [5.41, 5.74) is 15.8. The lowest BCUT2D eigenvalue weighted by molar-refractivity contribution is 0.994. The zero-order chi connectivity index (χ0) is 9.07. The van der Waals surface area contributed by atoms with E-state index in [0.29, 0.717) is 25.9 Å². The van der Waals surface area contributed by atoms with Gasteiger partial charge in [0.25, 0.3) is 0 Å². The quantitative estimate of drug-likeness (QED) is 0.200. The summed E-state index contributed by atoms with van der Waals surface area (Å²) in [6, 6.07) is 0. The van der Waals surface area contributed by atoms with Crippen molar-refractivity contribution in [1.29, 1.82) is 0 Å². The monoisotopic (exact) mass is 164 g/mol. The zero-order valence-electron chi connectivity index (χ0n) is 6.51. The largest absolute Gasteiger partial charge is 0.103 e. The Morgan fingerprint density at radius 2 is 1.33 bits per heavy atom. The Kier molecular flexibility index (Phi) is 7.79. The second-order valence-electron chi connectivity index (χ2n) is 1.76. The van der Waals surface area contributed by atoms with Gasteiger partial charge in [-0.25, -0.2) is 0 Å². The van der Waals surface area contributed by atoms with E-state index < -0.39 is 0 Å². The van der Waals surface area contributed by atoms with Crippen LogP contribution in [0.25, 0.3) is 20.9 Å². The molecule has 0 N–H and O–H groups in total. The fraction of sp³-hybridized carbons (Fsp3) is 0.667. The van der Waals surface area contributed by atoms with E-state index in [1.54, 1.807) is 0 Å². The third-order valence-corrected chi connectivity index (χ3v) is 0.925. The van der Waals surface area contributed by atoms with Gasteiger partial charge in [0.2, 0.25) is 0 Å². The molecule has 0 aromatic heterocycles. The van der Waals surface area contributed by atoms with E-state index in [1.807, 2.05) is 0 Å². The fourth-order valence-electron chi connectivity index (χ4n) is 0.478. The van der Waals surface area contributed by atoms with E-state index >= 15 is 0 Å². The van der Waals surface area contributed by atoms with Crippen LogP contribution in [0.3, 0.4) is 0 Å². The number of azide groups is 2. The third kappa shape index (κ3) is 8.18. The number of rotatable bonds is 4. The maximum Gasteiger partial charge on any atom is 0.0367 e. The Morgan fingerprint density at radius 1 is 0.917 bits per heavy atom. The van der Waals surface area contributed by atoms with E-state index in [2.05, 4.69) is 31.9 Å². The summed E-state index contributed by atoms with van der Waals surface area (Å²) in [6.07, 6.45) is 1.11. The molecule has 0 atom stereocenters. The molecule has 12 heavy (non-hydrogen) atoms. The van der Waals surface area contributed by atoms with E-state index in [1.165, 1.54) is 0 Å².